The minimum absolute atomic E-state index is 0.0571. The molecule has 1 atom stereocenters. The van der Waals surface area contributed by atoms with E-state index < -0.39 is 0 Å². The van der Waals surface area contributed by atoms with Crippen LogP contribution < -0.4 is 5.56 Å². The van der Waals surface area contributed by atoms with Crippen LogP contribution in [0, 0.1) is 6.92 Å². The van der Waals surface area contributed by atoms with Crippen LogP contribution in [0.1, 0.15) is 70.0 Å². The lowest BCUT2D eigenvalue weighted by atomic mass is 10.0. The zero-order valence-electron chi connectivity index (χ0n) is 19.2. The molecule has 8 nitrogen and oxygen atoms in total. The Balaban J connectivity index is 2.02. The van der Waals surface area contributed by atoms with Crippen molar-refractivity contribution in [3.05, 3.63) is 51.6 Å². The smallest absolute Gasteiger partial charge is 0.252 e. The molecule has 2 heterocycles. The molecule has 0 saturated heterocycles. The number of tetrazole rings is 1. The molecule has 0 aliphatic carbocycles. The van der Waals surface area contributed by atoms with Gasteiger partial charge in [-0.25, -0.2) is 4.68 Å². The quantitative estimate of drug-likeness (QED) is 0.545. The van der Waals surface area contributed by atoms with Gasteiger partial charge in [0.1, 0.15) is 0 Å². The summed E-state index contributed by atoms with van der Waals surface area (Å²) in [6, 6.07) is 7.93. The monoisotopic (exact) mass is 426 g/mol. The van der Waals surface area contributed by atoms with Crippen molar-refractivity contribution < 1.29 is 5.11 Å². The number of aliphatic hydroxyl groups excluding tert-OH is 1. The molecule has 8 heteroatoms. The maximum atomic E-state index is 12.8. The van der Waals surface area contributed by atoms with Crippen molar-refractivity contribution in [3.63, 3.8) is 0 Å². The zero-order chi connectivity index (χ0) is 22.6. The van der Waals surface area contributed by atoms with Crippen molar-refractivity contribution in [1.29, 1.82) is 0 Å². The van der Waals surface area contributed by atoms with Gasteiger partial charge in [-0.05, 0) is 74.5 Å². The second-order valence-corrected chi connectivity index (χ2v) is 9.19. The molecule has 168 valence electrons. The van der Waals surface area contributed by atoms with E-state index in [1.54, 1.807) is 0 Å². The van der Waals surface area contributed by atoms with Crippen molar-refractivity contribution in [2.24, 2.45) is 0 Å². The van der Waals surface area contributed by atoms with Crippen LogP contribution in [0.5, 0.6) is 0 Å². The van der Waals surface area contributed by atoms with Gasteiger partial charge < -0.3 is 10.1 Å². The summed E-state index contributed by atoms with van der Waals surface area (Å²) in [7, 11) is 0. The third-order valence-corrected chi connectivity index (χ3v) is 5.48. The fourth-order valence-corrected chi connectivity index (χ4v) is 3.95. The van der Waals surface area contributed by atoms with Crippen molar-refractivity contribution in [2.75, 3.05) is 13.2 Å². The molecule has 0 unspecified atom stereocenters. The molecule has 0 saturated carbocycles. The van der Waals surface area contributed by atoms with Crippen molar-refractivity contribution in [3.8, 4) is 0 Å². The van der Waals surface area contributed by atoms with E-state index >= 15 is 0 Å². The lowest BCUT2D eigenvalue weighted by Crippen LogP contribution is -2.36. The first-order valence-electron chi connectivity index (χ1n) is 11.0. The number of hydrogen-bond acceptors (Lipinski definition) is 6. The highest BCUT2D eigenvalue weighted by Gasteiger charge is 2.30. The van der Waals surface area contributed by atoms with Gasteiger partial charge >= 0.3 is 0 Å². The highest BCUT2D eigenvalue weighted by molar-refractivity contribution is 5.79. The SMILES string of the molecule is CCC[C@H](c1nnnn1C(C)(C)C)N(CCCO)Cc1cc2cc(C)ccc2[nH]c1=O. The average molecular weight is 427 g/mol. The van der Waals surface area contributed by atoms with Crippen molar-refractivity contribution in [2.45, 2.75) is 72.0 Å². The standard InChI is InChI=1S/C23H34N6O2/c1-6-8-20(21-25-26-27-29(21)23(3,4)5)28(11-7-12-30)15-18-14-17-13-16(2)9-10-19(17)24-22(18)31/h9-10,13-14,20,30H,6-8,11-12,15H2,1-5H3,(H,24,31)/t20-/m1/s1. The lowest BCUT2D eigenvalue weighted by Gasteiger charge is -2.32. The summed E-state index contributed by atoms with van der Waals surface area (Å²) in [6.07, 6.45) is 2.42. The summed E-state index contributed by atoms with van der Waals surface area (Å²) in [5.41, 5.74) is 2.34. The van der Waals surface area contributed by atoms with Crippen LogP contribution in [0.15, 0.2) is 29.1 Å². The van der Waals surface area contributed by atoms with Gasteiger partial charge in [0.2, 0.25) is 0 Å². The van der Waals surface area contributed by atoms with Gasteiger partial charge in [0.15, 0.2) is 5.82 Å². The Bertz CT molecular complexity index is 1070. The molecule has 0 spiro atoms. The predicted molar refractivity (Wildman–Crippen MR) is 122 cm³/mol. The van der Waals surface area contributed by atoms with Crippen LogP contribution in [0.3, 0.4) is 0 Å². The van der Waals surface area contributed by atoms with Gasteiger partial charge in [-0.2, -0.15) is 0 Å². The van der Waals surface area contributed by atoms with Gasteiger partial charge in [0.25, 0.3) is 5.56 Å². The Hall–Kier alpha value is -2.58. The summed E-state index contributed by atoms with van der Waals surface area (Å²) in [4.78, 5) is 18.1. The van der Waals surface area contributed by atoms with Gasteiger partial charge in [-0.1, -0.05) is 25.0 Å². The number of benzene rings is 1. The number of hydrogen-bond donors (Lipinski definition) is 2. The van der Waals surface area contributed by atoms with Crippen LogP contribution in [0.25, 0.3) is 10.9 Å². The number of nitrogens with one attached hydrogen (secondary N) is 1. The maximum Gasteiger partial charge on any atom is 0.252 e. The summed E-state index contributed by atoms with van der Waals surface area (Å²) in [6.45, 7) is 11.6. The molecule has 0 amide bonds. The second kappa shape index (κ2) is 9.70. The normalized spacial score (nSPS) is 13.3. The van der Waals surface area contributed by atoms with Gasteiger partial charge in [-0.3, -0.25) is 9.69 Å². The molecular formula is C23H34N6O2. The van der Waals surface area contributed by atoms with E-state index in [1.807, 2.05) is 29.8 Å². The van der Waals surface area contributed by atoms with E-state index in [-0.39, 0.29) is 23.7 Å². The maximum absolute atomic E-state index is 12.8. The molecule has 0 fully saturated rings. The number of fused-ring (bicyclic) bond motifs is 1. The van der Waals surface area contributed by atoms with E-state index in [4.69, 9.17) is 0 Å². The summed E-state index contributed by atoms with van der Waals surface area (Å²) in [5, 5.41) is 23.1. The topological polar surface area (TPSA) is 99.9 Å². The number of nitrogens with zero attached hydrogens (tertiary/aromatic N) is 5. The summed E-state index contributed by atoms with van der Waals surface area (Å²) >= 11 is 0. The number of pyridine rings is 1. The number of H-pyrrole nitrogens is 1. The Morgan fingerprint density at radius 2 is 2.03 bits per heavy atom. The van der Waals surface area contributed by atoms with Crippen molar-refractivity contribution in [1.82, 2.24) is 30.1 Å². The lowest BCUT2D eigenvalue weighted by molar-refractivity contribution is 0.142. The molecule has 0 bridgehead atoms. The van der Waals surface area contributed by atoms with E-state index in [1.165, 1.54) is 0 Å². The van der Waals surface area contributed by atoms with Gasteiger partial charge in [0, 0.05) is 30.8 Å². The minimum Gasteiger partial charge on any atom is -0.396 e. The van der Waals surface area contributed by atoms with Crippen LogP contribution in [0.2, 0.25) is 0 Å². The number of aliphatic hydroxyl groups is 1. The largest absolute Gasteiger partial charge is 0.396 e. The molecule has 3 rings (SSSR count). The predicted octanol–water partition coefficient (Wildman–Crippen LogP) is 3.30. The highest BCUT2D eigenvalue weighted by Crippen LogP contribution is 2.28. The molecule has 0 radical (unpaired) electrons. The Morgan fingerprint density at radius 1 is 1.26 bits per heavy atom. The number of rotatable bonds is 9. The fourth-order valence-electron chi connectivity index (χ4n) is 3.95. The van der Waals surface area contributed by atoms with Crippen LogP contribution in [-0.4, -0.2) is 48.3 Å². The number of aromatic nitrogens is 5. The average Bonchev–Trinajstić information content (AvgIpc) is 3.20. The molecule has 1 aromatic carbocycles. The van der Waals surface area contributed by atoms with E-state index in [9.17, 15) is 9.90 Å². The Kier molecular flexibility index (Phi) is 7.23. The van der Waals surface area contributed by atoms with Crippen LogP contribution >= 0.6 is 0 Å². The first kappa shape index (κ1) is 23.1. The van der Waals surface area contributed by atoms with Crippen molar-refractivity contribution >= 4 is 10.9 Å². The highest BCUT2D eigenvalue weighted by atomic mass is 16.3. The molecule has 0 aliphatic rings. The van der Waals surface area contributed by atoms with E-state index in [0.29, 0.717) is 25.1 Å². The van der Waals surface area contributed by atoms with Crippen LogP contribution in [-0.2, 0) is 12.1 Å². The molecule has 2 N–H and O–H groups in total. The Morgan fingerprint density at radius 3 is 2.71 bits per heavy atom. The molecule has 3 aromatic rings. The summed E-state index contributed by atoms with van der Waals surface area (Å²) in [5.74, 6) is 0.792. The first-order valence-corrected chi connectivity index (χ1v) is 11.0. The van der Waals surface area contributed by atoms with Crippen LogP contribution in [0.4, 0.5) is 0 Å². The first-order chi connectivity index (χ1) is 14.7. The van der Waals surface area contributed by atoms with Gasteiger partial charge in [0.05, 0.1) is 11.6 Å². The van der Waals surface area contributed by atoms with E-state index in [0.717, 1.165) is 35.1 Å². The van der Waals surface area contributed by atoms with Gasteiger partial charge in [-0.15, -0.1) is 5.10 Å². The number of aryl methyl sites for hydroxylation is 1. The molecular weight excluding hydrogens is 392 g/mol. The second-order valence-electron chi connectivity index (χ2n) is 9.19. The van der Waals surface area contributed by atoms with E-state index in [2.05, 4.69) is 59.2 Å². The molecule has 0 aliphatic heterocycles. The molecule has 2 aromatic heterocycles. The zero-order valence-corrected chi connectivity index (χ0v) is 19.2. The third kappa shape index (κ3) is 5.37. The Labute approximate surface area is 183 Å². The molecule has 31 heavy (non-hydrogen) atoms. The fraction of sp³-hybridized carbons (Fsp3) is 0.565. The minimum atomic E-state index is -0.259. The third-order valence-electron chi connectivity index (χ3n) is 5.48. The number of aromatic amines is 1. The summed E-state index contributed by atoms with van der Waals surface area (Å²) < 4.78 is 1.87.